The van der Waals surface area contributed by atoms with Gasteiger partial charge in [0.25, 0.3) is 10.0 Å². The Hall–Kier alpha value is -4.90. The number of benzene rings is 4. The molecule has 4 rings (SSSR count). The van der Waals surface area contributed by atoms with Gasteiger partial charge < -0.3 is 19.7 Å². The molecule has 1 N–H and O–H groups in total. The molecule has 0 heterocycles. The summed E-state index contributed by atoms with van der Waals surface area (Å²) in [5.41, 5.74) is 1.64. The zero-order chi connectivity index (χ0) is 33.3. The van der Waals surface area contributed by atoms with Crippen molar-refractivity contribution < 1.29 is 31.9 Å². The number of amides is 2. The number of hydrogen-bond donors (Lipinski definition) is 1. The Bertz CT molecular complexity index is 1720. The lowest BCUT2D eigenvalue weighted by atomic mass is 10.0. The summed E-state index contributed by atoms with van der Waals surface area (Å²) in [5.74, 6) is -1.08. The van der Waals surface area contributed by atoms with Gasteiger partial charge >= 0.3 is 0 Å². The summed E-state index contributed by atoms with van der Waals surface area (Å²) in [7, 11) is -1.61. The van der Waals surface area contributed by atoms with Crippen LogP contribution in [0.5, 0.6) is 11.5 Å². The molecule has 46 heavy (non-hydrogen) atoms. The van der Waals surface area contributed by atoms with Gasteiger partial charge in [-0.05, 0) is 61.4 Å². The van der Waals surface area contributed by atoms with Crippen molar-refractivity contribution in [2.45, 2.75) is 43.8 Å². The predicted octanol–water partition coefficient (Wildman–Crippen LogP) is 5.20. The van der Waals surface area contributed by atoms with Crippen molar-refractivity contribution in [2.24, 2.45) is 0 Å². The van der Waals surface area contributed by atoms with Crippen LogP contribution in [0, 0.1) is 5.82 Å². The largest absolute Gasteiger partial charge is 0.493 e. The first-order valence-electron chi connectivity index (χ1n) is 14.7. The molecule has 0 bridgehead atoms. The van der Waals surface area contributed by atoms with E-state index in [4.69, 9.17) is 9.47 Å². The van der Waals surface area contributed by atoms with Crippen LogP contribution < -0.4 is 19.1 Å². The van der Waals surface area contributed by atoms with Crippen molar-refractivity contribution in [1.29, 1.82) is 0 Å². The molecule has 11 heteroatoms. The van der Waals surface area contributed by atoms with E-state index in [1.54, 1.807) is 0 Å². The topological polar surface area (TPSA) is 105 Å². The summed E-state index contributed by atoms with van der Waals surface area (Å²) < 4.78 is 53.9. The third-order valence-electron chi connectivity index (χ3n) is 7.23. The lowest BCUT2D eigenvalue weighted by Crippen LogP contribution is -2.54. The van der Waals surface area contributed by atoms with E-state index in [-0.39, 0.29) is 41.2 Å². The number of sulfonamides is 1. The number of anilines is 1. The molecule has 242 valence electrons. The quantitative estimate of drug-likeness (QED) is 0.202. The number of carbonyl (C=O) groups excluding carboxylic acids is 2. The number of nitrogens with one attached hydrogen (secondary N) is 1. The average Bonchev–Trinajstić information content (AvgIpc) is 3.05. The standard InChI is InChI=1S/C35H38FN3O6S/c1-25(2)37-35(41)31(21-26-11-7-5-8-12-26)38(23-27-13-9-6-10-14-27)34(40)24-39(29-17-15-28(36)16-18-29)46(42,43)30-19-20-32(44-3)33(22-30)45-4/h5-20,22,25,31H,21,23-24H2,1-4H3,(H,37,41)/t31-/m0/s1. The minimum Gasteiger partial charge on any atom is -0.493 e. The molecule has 2 amide bonds. The van der Waals surface area contributed by atoms with Crippen molar-refractivity contribution >= 4 is 27.5 Å². The smallest absolute Gasteiger partial charge is 0.264 e. The highest BCUT2D eigenvalue weighted by molar-refractivity contribution is 7.92. The third-order valence-corrected chi connectivity index (χ3v) is 9.00. The van der Waals surface area contributed by atoms with Crippen LogP contribution in [0.2, 0.25) is 0 Å². The van der Waals surface area contributed by atoms with Crippen LogP contribution in [0.1, 0.15) is 25.0 Å². The number of nitrogens with zero attached hydrogens (tertiary/aromatic N) is 2. The number of rotatable bonds is 14. The van der Waals surface area contributed by atoms with Gasteiger partial charge in [0, 0.05) is 25.1 Å². The fraction of sp³-hybridized carbons (Fsp3) is 0.257. The maximum Gasteiger partial charge on any atom is 0.264 e. The Balaban J connectivity index is 1.81. The van der Waals surface area contributed by atoms with Crippen LogP contribution in [-0.4, -0.2) is 58.0 Å². The molecule has 0 saturated carbocycles. The first-order chi connectivity index (χ1) is 22.0. The number of hydrogen-bond acceptors (Lipinski definition) is 6. The molecule has 4 aromatic rings. The first kappa shape index (κ1) is 34.0. The Morgan fingerprint density at radius 2 is 1.39 bits per heavy atom. The molecule has 0 radical (unpaired) electrons. The number of ether oxygens (including phenoxy) is 2. The van der Waals surface area contributed by atoms with Crippen LogP contribution in [0.3, 0.4) is 0 Å². The summed E-state index contributed by atoms with van der Waals surface area (Å²) in [4.78, 5) is 29.4. The molecule has 9 nitrogen and oxygen atoms in total. The SMILES string of the molecule is COc1ccc(S(=O)(=O)N(CC(=O)N(Cc2ccccc2)[C@@H](Cc2ccccc2)C(=O)NC(C)C)c2ccc(F)cc2)cc1OC. The molecule has 0 fully saturated rings. The van der Waals surface area contributed by atoms with E-state index in [1.807, 2.05) is 74.5 Å². The van der Waals surface area contributed by atoms with E-state index >= 15 is 0 Å². The minimum atomic E-state index is -4.42. The first-order valence-corrected chi connectivity index (χ1v) is 16.2. The van der Waals surface area contributed by atoms with Gasteiger partial charge in [-0.1, -0.05) is 60.7 Å². The van der Waals surface area contributed by atoms with Crippen molar-refractivity contribution in [3.63, 3.8) is 0 Å². The zero-order valence-corrected chi connectivity index (χ0v) is 27.0. The second-order valence-corrected chi connectivity index (χ2v) is 12.7. The average molecular weight is 648 g/mol. The monoisotopic (exact) mass is 647 g/mol. The lowest BCUT2D eigenvalue weighted by Gasteiger charge is -2.34. The van der Waals surface area contributed by atoms with E-state index in [0.29, 0.717) is 5.75 Å². The van der Waals surface area contributed by atoms with Crippen molar-refractivity contribution in [3.05, 3.63) is 120 Å². The van der Waals surface area contributed by atoms with Crippen LogP contribution in [-0.2, 0) is 32.6 Å². The fourth-order valence-corrected chi connectivity index (χ4v) is 6.39. The van der Waals surface area contributed by atoms with Gasteiger partial charge in [-0.15, -0.1) is 0 Å². The van der Waals surface area contributed by atoms with Crippen LogP contribution in [0.25, 0.3) is 0 Å². The fourth-order valence-electron chi connectivity index (χ4n) is 4.96. The molecule has 0 spiro atoms. The minimum absolute atomic E-state index is 0.0380. The highest BCUT2D eigenvalue weighted by Gasteiger charge is 2.35. The van der Waals surface area contributed by atoms with E-state index in [0.717, 1.165) is 27.6 Å². The van der Waals surface area contributed by atoms with Gasteiger partial charge in [0.2, 0.25) is 11.8 Å². The zero-order valence-electron chi connectivity index (χ0n) is 26.2. The molecule has 0 aliphatic rings. The van der Waals surface area contributed by atoms with Crippen LogP contribution in [0.4, 0.5) is 10.1 Å². The lowest BCUT2D eigenvalue weighted by molar-refractivity contribution is -0.140. The highest BCUT2D eigenvalue weighted by Crippen LogP contribution is 2.32. The van der Waals surface area contributed by atoms with Crippen LogP contribution >= 0.6 is 0 Å². The molecule has 4 aromatic carbocycles. The molecule has 0 unspecified atom stereocenters. The molecule has 0 aliphatic carbocycles. The van der Waals surface area contributed by atoms with Gasteiger partial charge in [-0.25, -0.2) is 12.8 Å². The van der Waals surface area contributed by atoms with Crippen molar-refractivity contribution in [2.75, 3.05) is 25.1 Å². The normalized spacial score (nSPS) is 11.9. The Morgan fingerprint density at radius 3 is 1.96 bits per heavy atom. The summed E-state index contributed by atoms with van der Waals surface area (Å²) in [6.07, 6.45) is 0.191. The van der Waals surface area contributed by atoms with Gasteiger partial charge in [0.1, 0.15) is 18.4 Å². The molecule has 1 atom stereocenters. The van der Waals surface area contributed by atoms with E-state index in [9.17, 15) is 22.4 Å². The van der Waals surface area contributed by atoms with Gasteiger partial charge in [0.05, 0.1) is 24.8 Å². The molecule has 0 saturated heterocycles. The second kappa shape index (κ2) is 15.4. The highest BCUT2D eigenvalue weighted by atomic mass is 32.2. The van der Waals surface area contributed by atoms with Gasteiger partial charge in [-0.3, -0.25) is 13.9 Å². The Kier molecular flexibility index (Phi) is 11.4. The van der Waals surface area contributed by atoms with Gasteiger partial charge in [0.15, 0.2) is 11.5 Å². The van der Waals surface area contributed by atoms with Gasteiger partial charge in [-0.2, -0.15) is 0 Å². The molecular formula is C35H38FN3O6S. The number of carbonyl (C=O) groups is 2. The maximum absolute atomic E-state index is 14.4. The van der Waals surface area contributed by atoms with E-state index in [2.05, 4.69) is 5.32 Å². The summed E-state index contributed by atoms with van der Waals surface area (Å²) in [6, 6.07) is 26.2. The van der Waals surface area contributed by atoms with Crippen molar-refractivity contribution in [3.8, 4) is 11.5 Å². The predicted molar refractivity (Wildman–Crippen MR) is 175 cm³/mol. The molecule has 0 aromatic heterocycles. The molecule has 0 aliphatic heterocycles. The van der Waals surface area contributed by atoms with Crippen LogP contribution in [0.15, 0.2) is 108 Å². The summed E-state index contributed by atoms with van der Waals surface area (Å²) in [5, 5.41) is 2.92. The number of methoxy groups -OCH3 is 2. The van der Waals surface area contributed by atoms with Crippen molar-refractivity contribution in [1.82, 2.24) is 10.2 Å². The maximum atomic E-state index is 14.4. The Labute approximate surface area is 269 Å². The van der Waals surface area contributed by atoms with E-state index < -0.39 is 34.3 Å². The summed E-state index contributed by atoms with van der Waals surface area (Å²) in [6.45, 7) is 3.02. The Morgan fingerprint density at radius 1 is 0.804 bits per heavy atom. The molecular weight excluding hydrogens is 609 g/mol. The number of halogens is 1. The third kappa shape index (κ3) is 8.42. The summed E-state index contributed by atoms with van der Waals surface area (Å²) >= 11 is 0. The second-order valence-electron chi connectivity index (χ2n) is 10.9. The van der Waals surface area contributed by atoms with E-state index in [1.165, 1.54) is 49.5 Å².